The van der Waals surface area contributed by atoms with Gasteiger partial charge in [-0.05, 0) is 31.1 Å². The molecule has 0 aromatic heterocycles. The zero-order valence-electron chi connectivity index (χ0n) is 16.4. The second-order valence-corrected chi connectivity index (χ2v) is 8.41. The van der Waals surface area contributed by atoms with E-state index < -0.39 is 28.2 Å². The predicted molar refractivity (Wildman–Crippen MR) is 95.3 cm³/mol. The fourth-order valence-electron chi connectivity index (χ4n) is 4.39. The minimum atomic E-state index is -1.26. The van der Waals surface area contributed by atoms with E-state index in [-0.39, 0.29) is 6.42 Å². The molecule has 1 aliphatic rings. The molecule has 4 nitrogen and oxygen atoms in total. The van der Waals surface area contributed by atoms with Crippen LogP contribution in [0, 0.1) is 16.2 Å². The second kappa shape index (κ2) is 8.86. The van der Waals surface area contributed by atoms with E-state index in [0.717, 1.165) is 38.5 Å². The van der Waals surface area contributed by atoms with Crippen LogP contribution in [0.15, 0.2) is 12.2 Å². The van der Waals surface area contributed by atoms with Gasteiger partial charge in [-0.15, -0.1) is 0 Å². The van der Waals surface area contributed by atoms with Gasteiger partial charge in [0.1, 0.15) is 0 Å². The molecule has 0 aromatic rings. The summed E-state index contributed by atoms with van der Waals surface area (Å²) in [4.78, 5) is 24.2. The van der Waals surface area contributed by atoms with E-state index in [2.05, 4.69) is 6.92 Å². The zero-order valence-corrected chi connectivity index (χ0v) is 16.4. The highest BCUT2D eigenvalue weighted by molar-refractivity contribution is 5.80. The largest absolute Gasteiger partial charge is 0.550 e. The topological polar surface area (TPSA) is 80.3 Å². The number of aliphatic carboxylic acids is 2. The second-order valence-electron chi connectivity index (χ2n) is 8.41. The molecule has 0 aliphatic heterocycles. The lowest BCUT2D eigenvalue weighted by Gasteiger charge is -2.53. The smallest absolute Gasteiger partial charge is 0.0519 e. The van der Waals surface area contributed by atoms with Crippen molar-refractivity contribution in [3.8, 4) is 0 Å². The van der Waals surface area contributed by atoms with Gasteiger partial charge in [0.15, 0.2) is 0 Å². The average molecular weight is 350 g/mol. The maximum absolute atomic E-state index is 12.1. The molecule has 1 aliphatic carbocycles. The van der Waals surface area contributed by atoms with Gasteiger partial charge < -0.3 is 19.8 Å². The third kappa shape index (κ3) is 4.65. The van der Waals surface area contributed by atoms with Crippen LogP contribution in [0.25, 0.3) is 0 Å². The summed E-state index contributed by atoms with van der Waals surface area (Å²) in [6.45, 7) is 7.96. The Kier molecular flexibility index (Phi) is 7.70. The Labute approximate surface area is 152 Å². The van der Waals surface area contributed by atoms with Gasteiger partial charge in [0.05, 0.1) is 5.97 Å². The number of carboxylic acids is 2. The van der Waals surface area contributed by atoms with Crippen LogP contribution >= 0.6 is 0 Å². The highest BCUT2D eigenvalue weighted by atomic mass is 16.4. The van der Waals surface area contributed by atoms with E-state index in [0.29, 0.717) is 19.3 Å². The van der Waals surface area contributed by atoms with Crippen molar-refractivity contribution in [2.45, 2.75) is 91.9 Å². The summed E-state index contributed by atoms with van der Waals surface area (Å²) in [5, 5.41) is 24.2. The molecule has 0 saturated carbocycles. The lowest BCUT2D eigenvalue weighted by atomic mass is 9.53. The van der Waals surface area contributed by atoms with Gasteiger partial charge in [-0.2, -0.15) is 0 Å². The molecule has 0 fully saturated rings. The molecule has 0 N–H and O–H groups in total. The normalized spacial score (nSPS) is 26.6. The minimum Gasteiger partial charge on any atom is -0.550 e. The van der Waals surface area contributed by atoms with E-state index in [9.17, 15) is 19.8 Å². The van der Waals surface area contributed by atoms with Gasteiger partial charge in [-0.25, -0.2) is 0 Å². The lowest BCUT2D eigenvalue weighted by molar-refractivity contribution is -0.331. The molecule has 4 heteroatoms. The van der Waals surface area contributed by atoms with Crippen LogP contribution in [0.3, 0.4) is 0 Å². The van der Waals surface area contributed by atoms with E-state index in [1.165, 1.54) is 0 Å². The number of allylic oxidation sites excluding steroid dienone is 1. The van der Waals surface area contributed by atoms with Crippen molar-refractivity contribution < 1.29 is 19.8 Å². The number of carbonyl (C=O) groups is 2. The van der Waals surface area contributed by atoms with Crippen molar-refractivity contribution in [2.75, 3.05) is 0 Å². The van der Waals surface area contributed by atoms with Gasteiger partial charge in [-0.3, -0.25) is 0 Å². The quantitative estimate of drug-likeness (QED) is 0.424. The van der Waals surface area contributed by atoms with Gasteiger partial charge in [0.2, 0.25) is 0 Å². The van der Waals surface area contributed by atoms with Crippen molar-refractivity contribution in [1.29, 1.82) is 0 Å². The average Bonchev–Trinajstić information content (AvgIpc) is 2.54. The molecule has 0 spiro atoms. The number of hydrogen-bond acceptors (Lipinski definition) is 4. The Balaban J connectivity index is 3.08. The molecule has 0 heterocycles. The van der Waals surface area contributed by atoms with Crippen LogP contribution in [0.1, 0.15) is 91.9 Å². The molecule has 0 saturated heterocycles. The molecule has 25 heavy (non-hydrogen) atoms. The SMILES string of the molecule is CCCCCCCC1(C(=O)[O-])CC=CC(C(=O)[O-])(C(C)(C)CCC)C1. The van der Waals surface area contributed by atoms with Crippen molar-refractivity contribution in [3.63, 3.8) is 0 Å². The van der Waals surface area contributed by atoms with Crippen LogP contribution in [0.2, 0.25) is 0 Å². The molecule has 0 amide bonds. The fourth-order valence-corrected chi connectivity index (χ4v) is 4.39. The van der Waals surface area contributed by atoms with Gasteiger partial charge in [-0.1, -0.05) is 78.4 Å². The van der Waals surface area contributed by atoms with Crippen molar-refractivity contribution in [1.82, 2.24) is 0 Å². The zero-order chi connectivity index (χ0) is 19.1. The third-order valence-corrected chi connectivity index (χ3v) is 6.17. The summed E-state index contributed by atoms with van der Waals surface area (Å²) >= 11 is 0. The highest BCUT2D eigenvalue weighted by Crippen LogP contribution is 2.55. The molecule has 2 unspecified atom stereocenters. The first kappa shape index (κ1) is 21.7. The number of rotatable bonds is 11. The van der Waals surface area contributed by atoms with E-state index in [1.54, 1.807) is 12.2 Å². The number of hydrogen-bond donors (Lipinski definition) is 0. The molecule has 144 valence electrons. The molecule has 2 atom stereocenters. The first-order valence-electron chi connectivity index (χ1n) is 9.78. The van der Waals surface area contributed by atoms with Crippen molar-refractivity contribution in [2.24, 2.45) is 16.2 Å². The first-order chi connectivity index (χ1) is 11.7. The molecule has 1 rings (SSSR count). The monoisotopic (exact) mass is 350 g/mol. The standard InChI is InChI=1S/C21H36O4/c1-5-7-8-9-10-13-20(17(22)23)14-11-15-21(16-20,18(24)25)19(3,4)12-6-2/h11,15H,5-10,12-14,16H2,1-4H3,(H,22,23)(H,24,25)/p-2. The van der Waals surface area contributed by atoms with E-state index in [4.69, 9.17) is 0 Å². The van der Waals surface area contributed by atoms with Gasteiger partial charge in [0, 0.05) is 16.8 Å². The van der Waals surface area contributed by atoms with Crippen molar-refractivity contribution in [3.05, 3.63) is 12.2 Å². The number of carboxylic acid groups (broad SMARTS) is 2. The molecular formula is C21H34O4-2. The first-order valence-corrected chi connectivity index (χ1v) is 9.78. The van der Waals surface area contributed by atoms with Gasteiger partial charge >= 0.3 is 0 Å². The fraction of sp³-hybridized carbons (Fsp3) is 0.810. The third-order valence-electron chi connectivity index (χ3n) is 6.17. The van der Waals surface area contributed by atoms with Crippen LogP contribution < -0.4 is 10.2 Å². The Morgan fingerprint density at radius 1 is 1.00 bits per heavy atom. The lowest BCUT2D eigenvalue weighted by Crippen LogP contribution is -2.57. The minimum absolute atomic E-state index is 0.0714. The Hall–Kier alpha value is -1.32. The van der Waals surface area contributed by atoms with Gasteiger partial charge in [0.25, 0.3) is 0 Å². The molecule has 0 bridgehead atoms. The maximum atomic E-state index is 12.1. The maximum Gasteiger partial charge on any atom is 0.0519 e. The molecule has 0 aromatic carbocycles. The van der Waals surface area contributed by atoms with E-state index >= 15 is 0 Å². The highest BCUT2D eigenvalue weighted by Gasteiger charge is 2.51. The predicted octanol–water partition coefficient (Wildman–Crippen LogP) is 3.00. The van der Waals surface area contributed by atoms with Crippen LogP contribution in [-0.2, 0) is 9.59 Å². The molecular weight excluding hydrogens is 316 g/mol. The Bertz CT molecular complexity index is 494. The summed E-state index contributed by atoms with van der Waals surface area (Å²) < 4.78 is 0. The number of unbranched alkanes of at least 4 members (excludes halogenated alkanes) is 4. The van der Waals surface area contributed by atoms with E-state index in [1.807, 2.05) is 20.8 Å². The Morgan fingerprint density at radius 3 is 2.16 bits per heavy atom. The van der Waals surface area contributed by atoms with Crippen LogP contribution in [-0.4, -0.2) is 11.9 Å². The summed E-state index contributed by atoms with van der Waals surface area (Å²) in [6, 6.07) is 0. The summed E-state index contributed by atoms with van der Waals surface area (Å²) in [5.74, 6) is -2.29. The van der Waals surface area contributed by atoms with Crippen molar-refractivity contribution >= 4 is 11.9 Å². The summed E-state index contributed by atoms with van der Waals surface area (Å²) in [6.07, 6.45) is 11.0. The number of carbonyl (C=O) groups excluding carboxylic acids is 2. The van der Waals surface area contributed by atoms with Crippen LogP contribution in [0.5, 0.6) is 0 Å². The van der Waals surface area contributed by atoms with Crippen LogP contribution in [0.4, 0.5) is 0 Å². The summed E-state index contributed by atoms with van der Waals surface area (Å²) in [5.41, 5.74) is -2.93. The summed E-state index contributed by atoms with van der Waals surface area (Å²) in [7, 11) is 0. The Morgan fingerprint density at radius 2 is 1.64 bits per heavy atom. The molecule has 0 radical (unpaired) electrons.